The van der Waals surface area contributed by atoms with Gasteiger partial charge in [-0.25, -0.2) is 0 Å². The molecule has 1 heterocycles. The van der Waals surface area contributed by atoms with Gasteiger partial charge in [0.15, 0.2) is 0 Å². The lowest BCUT2D eigenvalue weighted by molar-refractivity contribution is 0.0339. The van der Waals surface area contributed by atoms with E-state index in [4.69, 9.17) is 5.73 Å². The van der Waals surface area contributed by atoms with Crippen molar-refractivity contribution in [2.24, 2.45) is 5.73 Å². The summed E-state index contributed by atoms with van der Waals surface area (Å²) in [5.74, 6) is 0. The third-order valence-electron chi connectivity index (χ3n) is 2.88. The van der Waals surface area contributed by atoms with Crippen molar-refractivity contribution in [1.29, 1.82) is 0 Å². The van der Waals surface area contributed by atoms with Crippen molar-refractivity contribution in [2.45, 2.75) is 18.4 Å². The molecule has 0 fully saturated rings. The summed E-state index contributed by atoms with van der Waals surface area (Å²) in [6, 6.07) is 14.0. The summed E-state index contributed by atoms with van der Waals surface area (Å²) >= 11 is 1.58. The summed E-state index contributed by atoms with van der Waals surface area (Å²) in [5, 5.41) is 12.7. The second kappa shape index (κ2) is 5.45. The van der Waals surface area contributed by atoms with E-state index in [1.54, 1.807) is 11.3 Å². The fraction of sp³-hybridized carbons (Fsp3) is 0.286. The van der Waals surface area contributed by atoms with E-state index >= 15 is 0 Å². The van der Waals surface area contributed by atoms with E-state index in [0.29, 0.717) is 19.4 Å². The van der Waals surface area contributed by atoms with E-state index in [1.807, 2.05) is 47.8 Å². The van der Waals surface area contributed by atoms with E-state index in [1.165, 1.54) is 0 Å². The van der Waals surface area contributed by atoms with E-state index in [0.717, 1.165) is 10.4 Å². The largest absolute Gasteiger partial charge is 0.384 e. The number of thiophene rings is 1. The number of nitrogens with two attached hydrogens (primary N) is 1. The van der Waals surface area contributed by atoms with Crippen LogP contribution in [0.1, 0.15) is 16.9 Å². The molecule has 0 aliphatic carbocycles. The van der Waals surface area contributed by atoms with Crippen LogP contribution in [0.4, 0.5) is 0 Å². The lowest BCUT2D eigenvalue weighted by Gasteiger charge is -2.26. The van der Waals surface area contributed by atoms with Crippen molar-refractivity contribution in [1.82, 2.24) is 0 Å². The fourth-order valence-corrected chi connectivity index (χ4v) is 2.87. The highest BCUT2D eigenvalue weighted by atomic mass is 32.1. The molecule has 0 amide bonds. The SMILES string of the molecule is NCCC(O)(Cc1ccccc1)c1cccs1. The number of benzene rings is 1. The van der Waals surface area contributed by atoms with Crippen molar-refractivity contribution in [2.75, 3.05) is 6.54 Å². The van der Waals surface area contributed by atoms with Gasteiger partial charge in [0.25, 0.3) is 0 Å². The molecule has 2 aromatic rings. The van der Waals surface area contributed by atoms with Crippen LogP contribution in [0.25, 0.3) is 0 Å². The third kappa shape index (κ3) is 2.94. The first-order chi connectivity index (χ1) is 8.24. The fourth-order valence-electron chi connectivity index (χ4n) is 2.01. The van der Waals surface area contributed by atoms with Gasteiger partial charge >= 0.3 is 0 Å². The molecule has 3 heteroatoms. The molecule has 0 aliphatic rings. The van der Waals surface area contributed by atoms with Crippen LogP contribution in [0.15, 0.2) is 47.8 Å². The van der Waals surface area contributed by atoms with Gasteiger partial charge in [0.05, 0.1) is 0 Å². The second-order valence-corrected chi connectivity index (χ2v) is 5.16. The monoisotopic (exact) mass is 247 g/mol. The first-order valence-corrected chi connectivity index (χ1v) is 6.63. The minimum absolute atomic E-state index is 0.487. The first kappa shape index (κ1) is 12.3. The number of aliphatic hydroxyl groups is 1. The van der Waals surface area contributed by atoms with Crippen LogP contribution in [0, 0.1) is 0 Å². The van der Waals surface area contributed by atoms with Crippen LogP contribution in [0.3, 0.4) is 0 Å². The van der Waals surface area contributed by atoms with E-state index in [2.05, 4.69) is 0 Å². The Morgan fingerprint density at radius 3 is 2.47 bits per heavy atom. The summed E-state index contributed by atoms with van der Waals surface area (Å²) in [7, 11) is 0. The Labute approximate surface area is 106 Å². The van der Waals surface area contributed by atoms with Gasteiger partial charge in [-0.1, -0.05) is 36.4 Å². The van der Waals surface area contributed by atoms with Crippen molar-refractivity contribution >= 4 is 11.3 Å². The Kier molecular flexibility index (Phi) is 3.94. The maximum Gasteiger partial charge on any atom is 0.104 e. The van der Waals surface area contributed by atoms with Gasteiger partial charge in [0.1, 0.15) is 5.60 Å². The molecular weight excluding hydrogens is 230 g/mol. The van der Waals surface area contributed by atoms with Gasteiger partial charge < -0.3 is 10.8 Å². The van der Waals surface area contributed by atoms with Crippen LogP contribution in [0.2, 0.25) is 0 Å². The summed E-state index contributed by atoms with van der Waals surface area (Å²) < 4.78 is 0. The highest BCUT2D eigenvalue weighted by molar-refractivity contribution is 7.10. The van der Waals surface area contributed by atoms with Crippen LogP contribution >= 0.6 is 11.3 Å². The van der Waals surface area contributed by atoms with Gasteiger partial charge in [-0.15, -0.1) is 11.3 Å². The minimum atomic E-state index is -0.829. The summed E-state index contributed by atoms with van der Waals surface area (Å²) in [4.78, 5) is 0.992. The summed E-state index contributed by atoms with van der Waals surface area (Å²) in [5.41, 5.74) is 5.93. The van der Waals surface area contributed by atoms with Crippen molar-refractivity contribution in [3.05, 3.63) is 58.3 Å². The van der Waals surface area contributed by atoms with E-state index in [-0.39, 0.29) is 0 Å². The number of rotatable bonds is 5. The molecule has 0 radical (unpaired) electrons. The Balaban J connectivity index is 2.23. The van der Waals surface area contributed by atoms with Crippen LogP contribution < -0.4 is 5.73 Å². The molecule has 0 aliphatic heterocycles. The predicted molar refractivity (Wildman–Crippen MR) is 72.0 cm³/mol. The molecule has 1 unspecified atom stereocenters. The maximum atomic E-state index is 10.8. The Hall–Kier alpha value is -1.16. The normalized spacial score (nSPS) is 14.5. The first-order valence-electron chi connectivity index (χ1n) is 5.75. The Morgan fingerprint density at radius 2 is 1.88 bits per heavy atom. The number of hydrogen-bond acceptors (Lipinski definition) is 3. The zero-order valence-corrected chi connectivity index (χ0v) is 10.5. The van der Waals surface area contributed by atoms with Crippen LogP contribution in [-0.4, -0.2) is 11.7 Å². The maximum absolute atomic E-state index is 10.8. The molecule has 1 atom stereocenters. The standard InChI is InChI=1S/C14H17NOS/c15-9-8-14(16,13-7-4-10-17-13)11-12-5-2-1-3-6-12/h1-7,10,16H,8-9,11,15H2. The molecule has 1 aromatic carbocycles. The van der Waals surface area contributed by atoms with Crippen LogP contribution in [-0.2, 0) is 12.0 Å². The number of hydrogen-bond donors (Lipinski definition) is 2. The molecule has 17 heavy (non-hydrogen) atoms. The minimum Gasteiger partial charge on any atom is -0.384 e. The molecule has 90 valence electrons. The molecule has 0 saturated carbocycles. The van der Waals surface area contributed by atoms with Crippen LogP contribution in [0.5, 0.6) is 0 Å². The van der Waals surface area contributed by atoms with E-state index in [9.17, 15) is 5.11 Å². The second-order valence-electron chi connectivity index (χ2n) is 4.21. The molecule has 1 aromatic heterocycles. The van der Waals surface area contributed by atoms with Gasteiger partial charge in [-0.2, -0.15) is 0 Å². The van der Waals surface area contributed by atoms with Crippen molar-refractivity contribution < 1.29 is 5.11 Å². The molecule has 2 nitrogen and oxygen atoms in total. The lowest BCUT2D eigenvalue weighted by atomic mass is 9.90. The third-order valence-corrected chi connectivity index (χ3v) is 3.94. The predicted octanol–water partition coefficient (Wildman–Crippen LogP) is 2.53. The zero-order chi connectivity index (χ0) is 12.1. The van der Waals surface area contributed by atoms with Crippen molar-refractivity contribution in [3.8, 4) is 0 Å². The molecule has 2 rings (SSSR count). The molecular formula is C14H17NOS. The Morgan fingerprint density at radius 1 is 1.12 bits per heavy atom. The quantitative estimate of drug-likeness (QED) is 0.853. The smallest absolute Gasteiger partial charge is 0.104 e. The average Bonchev–Trinajstić information content (AvgIpc) is 2.84. The molecule has 3 N–H and O–H groups in total. The molecule has 0 spiro atoms. The van der Waals surface area contributed by atoms with Gasteiger partial charge in [-0.05, 0) is 30.0 Å². The highest BCUT2D eigenvalue weighted by Crippen LogP contribution is 2.32. The zero-order valence-electron chi connectivity index (χ0n) is 9.67. The molecule has 0 bridgehead atoms. The summed E-state index contributed by atoms with van der Waals surface area (Å²) in [6.07, 6.45) is 1.20. The Bertz CT molecular complexity index is 441. The van der Waals surface area contributed by atoms with Gasteiger partial charge in [-0.3, -0.25) is 0 Å². The van der Waals surface area contributed by atoms with Gasteiger partial charge in [0, 0.05) is 11.3 Å². The average molecular weight is 247 g/mol. The van der Waals surface area contributed by atoms with Crippen molar-refractivity contribution in [3.63, 3.8) is 0 Å². The highest BCUT2D eigenvalue weighted by Gasteiger charge is 2.29. The topological polar surface area (TPSA) is 46.2 Å². The lowest BCUT2D eigenvalue weighted by Crippen LogP contribution is -2.30. The van der Waals surface area contributed by atoms with Gasteiger partial charge in [0.2, 0.25) is 0 Å². The van der Waals surface area contributed by atoms with E-state index < -0.39 is 5.60 Å². The summed E-state index contributed by atoms with van der Waals surface area (Å²) in [6.45, 7) is 0.487. The molecule has 0 saturated heterocycles.